The number of rotatable bonds is 8. The second-order valence-corrected chi connectivity index (χ2v) is 7.66. The second kappa shape index (κ2) is 9.82. The van der Waals surface area contributed by atoms with Crippen molar-refractivity contribution in [1.82, 2.24) is 4.90 Å². The first-order valence-electron chi connectivity index (χ1n) is 9.68. The van der Waals surface area contributed by atoms with Gasteiger partial charge in [0.25, 0.3) is 0 Å². The lowest BCUT2D eigenvalue weighted by Gasteiger charge is -2.30. The van der Waals surface area contributed by atoms with Gasteiger partial charge < -0.3 is 14.4 Å². The van der Waals surface area contributed by atoms with Gasteiger partial charge in [0.05, 0.1) is 13.2 Å². The zero-order valence-corrected chi connectivity index (χ0v) is 17.2. The topological polar surface area (TPSA) is 38.8 Å². The van der Waals surface area contributed by atoms with E-state index in [1.54, 1.807) is 18.2 Å². The maximum atomic E-state index is 13.7. The van der Waals surface area contributed by atoms with Crippen LogP contribution in [0.25, 0.3) is 0 Å². The molecule has 1 heterocycles. The molecule has 0 bridgehead atoms. The van der Waals surface area contributed by atoms with Crippen molar-refractivity contribution in [3.63, 3.8) is 0 Å². The van der Waals surface area contributed by atoms with Crippen LogP contribution in [0, 0.1) is 5.82 Å². The van der Waals surface area contributed by atoms with Crippen LogP contribution in [0.2, 0.25) is 0 Å². The Hall–Kier alpha value is -2.21. The molecule has 2 aromatic rings. The molecule has 1 aliphatic rings. The van der Waals surface area contributed by atoms with Crippen LogP contribution >= 0.6 is 11.8 Å². The highest BCUT2D eigenvalue weighted by Gasteiger charge is 2.23. The van der Waals surface area contributed by atoms with E-state index in [0.717, 1.165) is 23.5 Å². The van der Waals surface area contributed by atoms with Crippen molar-refractivity contribution in [2.45, 2.75) is 38.1 Å². The van der Waals surface area contributed by atoms with E-state index in [0.29, 0.717) is 43.4 Å². The maximum absolute atomic E-state index is 13.7. The van der Waals surface area contributed by atoms with Crippen LogP contribution < -0.4 is 9.47 Å². The highest BCUT2D eigenvalue weighted by atomic mass is 32.2. The van der Waals surface area contributed by atoms with E-state index < -0.39 is 0 Å². The van der Waals surface area contributed by atoms with Gasteiger partial charge in [-0.2, -0.15) is 0 Å². The number of thioether (sulfide) groups is 1. The summed E-state index contributed by atoms with van der Waals surface area (Å²) >= 11 is 1.38. The normalized spacial score (nSPS) is 13.2. The summed E-state index contributed by atoms with van der Waals surface area (Å²) in [6.45, 7) is 6.31. The summed E-state index contributed by atoms with van der Waals surface area (Å²) in [4.78, 5) is 15.1. The average molecular weight is 404 g/mol. The van der Waals surface area contributed by atoms with Crippen LogP contribution in [0.3, 0.4) is 0 Å². The largest absolute Gasteiger partial charge is 0.490 e. The van der Waals surface area contributed by atoms with Gasteiger partial charge in [-0.25, -0.2) is 4.39 Å². The molecule has 1 amide bonds. The summed E-state index contributed by atoms with van der Waals surface area (Å²) in [7, 11) is 0. The SMILES string of the molecule is CCOc1cc2c(cc1OCC)CN(C(=O)CCSc1ccccc1F)CC2. The lowest BCUT2D eigenvalue weighted by Crippen LogP contribution is -2.36. The van der Waals surface area contributed by atoms with Gasteiger partial charge in [0, 0.05) is 30.2 Å². The van der Waals surface area contributed by atoms with Crippen molar-refractivity contribution < 1.29 is 18.7 Å². The summed E-state index contributed by atoms with van der Waals surface area (Å²) in [5.74, 6) is 1.93. The molecule has 4 nitrogen and oxygen atoms in total. The van der Waals surface area contributed by atoms with Crippen LogP contribution in [-0.4, -0.2) is 36.3 Å². The third kappa shape index (κ3) is 4.98. The van der Waals surface area contributed by atoms with Gasteiger partial charge in [-0.15, -0.1) is 11.8 Å². The van der Waals surface area contributed by atoms with Crippen molar-refractivity contribution in [2.75, 3.05) is 25.5 Å². The Labute approximate surface area is 170 Å². The van der Waals surface area contributed by atoms with Crippen LogP contribution in [0.1, 0.15) is 31.4 Å². The summed E-state index contributed by atoms with van der Waals surface area (Å²) in [5.41, 5.74) is 2.31. The predicted molar refractivity (Wildman–Crippen MR) is 110 cm³/mol. The Kier molecular flexibility index (Phi) is 7.20. The van der Waals surface area contributed by atoms with Gasteiger partial charge in [0.15, 0.2) is 11.5 Å². The quantitative estimate of drug-likeness (QED) is 0.600. The lowest BCUT2D eigenvalue weighted by atomic mass is 9.98. The fraction of sp³-hybridized carbons (Fsp3) is 0.409. The minimum absolute atomic E-state index is 0.0985. The Balaban J connectivity index is 1.61. The molecule has 0 aliphatic carbocycles. The summed E-state index contributed by atoms with van der Waals surface area (Å²) in [6.07, 6.45) is 1.19. The molecule has 0 unspecified atom stereocenters. The Bertz CT molecular complexity index is 827. The highest BCUT2D eigenvalue weighted by molar-refractivity contribution is 7.99. The van der Waals surface area contributed by atoms with E-state index >= 15 is 0 Å². The van der Waals surface area contributed by atoms with Crippen molar-refractivity contribution in [1.29, 1.82) is 0 Å². The predicted octanol–water partition coefficient (Wildman–Crippen LogP) is 4.69. The molecule has 6 heteroatoms. The van der Waals surface area contributed by atoms with Crippen molar-refractivity contribution in [2.24, 2.45) is 0 Å². The Morgan fingerprint density at radius 1 is 1.11 bits per heavy atom. The average Bonchev–Trinajstić information content (AvgIpc) is 2.70. The number of fused-ring (bicyclic) bond motifs is 1. The van der Waals surface area contributed by atoms with Crippen molar-refractivity contribution in [3.05, 3.63) is 53.3 Å². The summed E-state index contributed by atoms with van der Waals surface area (Å²) in [6, 6.07) is 10.7. The molecular weight excluding hydrogens is 377 g/mol. The van der Waals surface area contributed by atoms with Gasteiger partial charge in [-0.05, 0) is 55.7 Å². The number of nitrogens with zero attached hydrogens (tertiary/aromatic N) is 1. The minimum Gasteiger partial charge on any atom is -0.490 e. The molecular formula is C22H26FNO3S. The number of hydrogen-bond acceptors (Lipinski definition) is 4. The number of carbonyl (C=O) groups is 1. The fourth-order valence-corrected chi connectivity index (χ4v) is 4.16. The zero-order valence-electron chi connectivity index (χ0n) is 16.4. The molecule has 0 spiro atoms. The van der Waals surface area contributed by atoms with Crippen LogP contribution in [0.4, 0.5) is 4.39 Å². The van der Waals surface area contributed by atoms with Crippen LogP contribution in [-0.2, 0) is 17.8 Å². The summed E-state index contributed by atoms with van der Waals surface area (Å²) < 4.78 is 25.1. The second-order valence-electron chi connectivity index (χ2n) is 6.53. The van der Waals surface area contributed by atoms with E-state index in [1.165, 1.54) is 23.4 Å². The van der Waals surface area contributed by atoms with E-state index in [-0.39, 0.29) is 11.7 Å². The van der Waals surface area contributed by atoms with E-state index in [2.05, 4.69) is 0 Å². The Morgan fingerprint density at radius 2 is 1.79 bits per heavy atom. The fourth-order valence-electron chi connectivity index (χ4n) is 3.28. The molecule has 28 heavy (non-hydrogen) atoms. The molecule has 3 rings (SSSR count). The number of hydrogen-bond donors (Lipinski definition) is 0. The van der Waals surface area contributed by atoms with Gasteiger partial charge in [0.1, 0.15) is 5.82 Å². The Morgan fingerprint density at radius 3 is 2.46 bits per heavy atom. The van der Waals surface area contributed by atoms with Gasteiger partial charge in [0.2, 0.25) is 5.91 Å². The number of ether oxygens (including phenoxy) is 2. The number of amides is 1. The molecule has 1 aliphatic heterocycles. The third-order valence-electron chi connectivity index (χ3n) is 4.64. The maximum Gasteiger partial charge on any atom is 0.223 e. The summed E-state index contributed by atoms with van der Waals surface area (Å²) in [5, 5.41) is 0. The molecule has 0 radical (unpaired) electrons. The number of benzene rings is 2. The lowest BCUT2D eigenvalue weighted by molar-refractivity contribution is -0.131. The number of carbonyl (C=O) groups excluding carboxylic acids is 1. The van der Waals surface area contributed by atoms with E-state index in [4.69, 9.17) is 9.47 Å². The number of halogens is 1. The molecule has 150 valence electrons. The van der Waals surface area contributed by atoms with Crippen LogP contribution in [0.15, 0.2) is 41.3 Å². The monoisotopic (exact) mass is 403 g/mol. The molecule has 0 saturated carbocycles. The van der Waals surface area contributed by atoms with Gasteiger partial charge in [-0.1, -0.05) is 12.1 Å². The smallest absolute Gasteiger partial charge is 0.223 e. The molecule has 0 saturated heterocycles. The molecule has 0 aromatic heterocycles. The van der Waals surface area contributed by atoms with Crippen LogP contribution in [0.5, 0.6) is 11.5 Å². The molecule has 0 fully saturated rings. The minimum atomic E-state index is -0.236. The standard InChI is InChI=1S/C22H26FNO3S/c1-3-26-19-13-16-9-11-24(15-17(16)14-20(19)27-4-2)22(25)10-12-28-21-8-6-5-7-18(21)23/h5-8,13-14H,3-4,9-12,15H2,1-2H3. The molecule has 0 N–H and O–H groups in total. The molecule has 0 atom stereocenters. The van der Waals surface area contributed by atoms with Gasteiger partial charge >= 0.3 is 0 Å². The first kappa shape index (κ1) is 20.5. The van der Waals surface area contributed by atoms with Crippen molar-refractivity contribution in [3.8, 4) is 11.5 Å². The highest BCUT2D eigenvalue weighted by Crippen LogP contribution is 2.34. The zero-order chi connectivity index (χ0) is 19.9. The van der Waals surface area contributed by atoms with E-state index in [1.807, 2.05) is 30.9 Å². The third-order valence-corrected chi connectivity index (χ3v) is 5.69. The first-order valence-corrected chi connectivity index (χ1v) is 10.7. The first-order chi connectivity index (χ1) is 13.6. The van der Waals surface area contributed by atoms with Crippen molar-refractivity contribution >= 4 is 17.7 Å². The van der Waals surface area contributed by atoms with Gasteiger partial charge in [-0.3, -0.25) is 4.79 Å². The van der Waals surface area contributed by atoms with E-state index in [9.17, 15) is 9.18 Å². The molecule has 2 aromatic carbocycles.